The summed E-state index contributed by atoms with van der Waals surface area (Å²) in [6, 6.07) is 10.1. The molecule has 31 heavy (non-hydrogen) atoms. The van der Waals surface area contributed by atoms with Gasteiger partial charge in [-0.25, -0.2) is 8.42 Å². The van der Waals surface area contributed by atoms with E-state index in [1.807, 2.05) is 4.90 Å². The number of hydrogen-bond acceptors (Lipinski definition) is 6. The standard InChI is InChI=1S/C21H28N4O4S2/c1-23(2)20(27)16-24-10-4-11-25(13-12-24)19(26)15-17-6-8-18(9-7-17)22-31(28,29)21-5-3-14-30-21/h3,5-9,14,22H,4,10-13,15-16H2,1-2H3. The summed E-state index contributed by atoms with van der Waals surface area (Å²) in [7, 11) is -0.0959. The van der Waals surface area contributed by atoms with Crippen LogP contribution in [0.15, 0.2) is 46.0 Å². The number of carbonyl (C=O) groups is 2. The summed E-state index contributed by atoms with van der Waals surface area (Å²) in [5, 5.41) is 1.71. The van der Waals surface area contributed by atoms with Crippen molar-refractivity contribution < 1.29 is 18.0 Å². The van der Waals surface area contributed by atoms with Crippen LogP contribution in [0.2, 0.25) is 0 Å². The molecular weight excluding hydrogens is 436 g/mol. The number of hydrogen-bond donors (Lipinski definition) is 1. The van der Waals surface area contributed by atoms with Gasteiger partial charge in [0.05, 0.1) is 13.0 Å². The van der Waals surface area contributed by atoms with Crippen LogP contribution >= 0.6 is 11.3 Å². The van der Waals surface area contributed by atoms with Crippen LogP contribution in [0.3, 0.4) is 0 Å². The number of nitrogens with zero attached hydrogens (tertiary/aromatic N) is 3. The highest BCUT2D eigenvalue weighted by Crippen LogP contribution is 2.20. The van der Waals surface area contributed by atoms with Crippen molar-refractivity contribution in [1.29, 1.82) is 0 Å². The summed E-state index contributed by atoms with van der Waals surface area (Å²) in [6.07, 6.45) is 1.09. The van der Waals surface area contributed by atoms with Crippen molar-refractivity contribution in [1.82, 2.24) is 14.7 Å². The van der Waals surface area contributed by atoms with Crippen LogP contribution in [-0.2, 0) is 26.0 Å². The molecule has 1 aromatic carbocycles. The average molecular weight is 465 g/mol. The molecule has 0 spiro atoms. The van der Waals surface area contributed by atoms with Crippen molar-refractivity contribution >= 4 is 38.9 Å². The molecule has 2 heterocycles. The molecular formula is C21H28N4O4S2. The Balaban J connectivity index is 1.53. The number of thiophene rings is 1. The Hall–Kier alpha value is -2.43. The third kappa shape index (κ3) is 6.52. The van der Waals surface area contributed by atoms with E-state index in [0.29, 0.717) is 31.9 Å². The van der Waals surface area contributed by atoms with E-state index in [1.54, 1.807) is 60.8 Å². The molecule has 3 rings (SSSR count). The van der Waals surface area contributed by atoms with E-state index in [9.17, 15) is 18.0 Å². The highest BCUT2D eigenvalue weighted by atomic mass is 32.2. The molecule has 0 unspecified atom stereocenters. The van der Waals surface area contributed by atoms with Gasteiger partial charge in [0.2, 0.25) is 11.8 Å². The number of amides is 2. The van der Waals surface area contributed by atoms with E-state index in [-0.39, 0.29) is 22.4 Å². The molecule has 1 N–H and O–H groups in total. The maximum Gasteiger partial charge on any atom is 0.271 e. The largest absolute Gasteiger partial charge is 0.348 e. The Morgan fingerprint density at radius 3 is 2.45 bits per heavy atom. The number of nitrogens with one attached hydrogen (secondary N) is 1. The van der Waals surface area contributed by atoms with Gasteiger partial charge in [-0.2, -0.15) is 0 Å². The zero-order valence-electron chi connectivity index (χ0n) is 17.8. The lowest BCUT2D eigenvalue weighted by Crippen LogP contribution is -2.39. The van der Waals surface area contributed by atoms with Crippen LogP contribution in [0.25, 0.3) is 0 Å². The highest BCUT2D eigenvalue weighted by Gasteiger charge is 2.21. The molecule has 0 bridgehead atoms. The van der Waals surface area contributed by atoms with Gasteiger partial charge < -0.3 is 9.80 Å². The normalized spacial score (nSPS) is 15.4. The average Bonchev–Trinajstić information content (AvgIpc) is 3.18. The van der Waals surface area contributed by atoms with Crippen molar-refractivity contribution in [3.63, 3.8) is 0 Å². The molecule has 1 aromatic heterocycles. The Kier molecular flexibility index (Phi) is 7.69. The molecule has 0 saturated carbocycles. The van der Waals surface area contributed by atoms with Crippen molar-refractivity contribution in [3.05, 3.63) is 47.3 Å². The first-order valence-electron chi connectivity index (χ1n) is 10.1. The van der Waals surface area contributed by atoms with Gasteiger partial charge >= 0.3 is 0 Å². The fourth-order valence-electron chi connectivity index (χ4n) is 3.31. The van der Waals surface area contributed by atoms with Crippen LogP contribution in [0.5, 0.6) is 0 Å². The Morgan fingerprint density at radius 2 is 1.81 bits per heavy atom. The first-order valence-corrected chi connectivity index (χ1v) is 12.5. The molecule has 0 radical (unpaired) electrons. The highest BCUT2D eigenvalue weighted by molar-refractivity contribution is 7.94. The van der Waals surface area contributed by atoms with Crippen molar-refractivity contribution in [2.45, 2.75) is 17.1 Å². The Labute approximate surface area is 187 Å². The molecule has 8 nitrogen and oxygen atoms in total. The zero-order chi connectivity index (χ0) is 22.4. The predicted octanol–water partition coefficient (Wildman–Crippen LogP) is 1.71. The van der Waals surface area contributed by atoms with Crippen molar-refractivity contribution in [2.75, 3.05) is 51.5 Å². The lowest BCUT2D eigenvalue weighted by molar-refractivity contribution is -0.130. The van der Waals surface area contributed by atoms with Crippen LogP contribution in [0.4, 0.5) is 5.69 Å². The maximum absolute atomic E-state index is 12.7. The molecule has 2 amide bonds. The lowest BCUT2D eigenvalue weighted by Gasteiger charge is -2.23. The van der Waals surface area contributed by atoms with Gasteiger partial charge in [-0.15, -0.1) is 11.3 Å². The van der Waals surface area contributed by atoms with E-state index in [1.165, 1.54) is 0 Å². The van der Waals surface area contributed by atoms with Gasteiger partial charge in [0, 0.05) is 46.0 Å². The fraction of sp³-hybridized carbons (Fsp3) is 0.429. The minimum atomic E-state index is -3.58. The molecule has 0 aliphatic carbocycles. The summed E-state index contributed by atoms with van der Waals surface area (Å²) in [6.45, 7) is 3.11. The third-order valence-corrected chi connectivity index (χ3v) is 7.90. The Bertz CT molecular complexity index is 989. The van der Waals surface area contributed by atoms with Crippen molar-refractivity contribution in [2.24, 2.45) is 0 Å². The topological polar surface area (TPSA) is 90.0 Å². The van der Waals surface area contributed by atoms with Crippen LogP contribution in [0.1, 0.15) is 12.0 Å². The molecule has 1 saturated heterocycles. The van der Waals surface area contributed by atoms with E-state index in [0.717, 1.165) is 29.9 Å². The molecule has 1 fully saturated rings. The van der Waals surface area contributed by atoms with Crippen LogP contribution < -0.4 is 4.72 Å². The summed E-state index contributed by atoms with van der Waals surface area (Å²) >= 11 is 1.16. The Morgan fingerprint density at radius 1 is 1.06 bits per heavy atom. The molecule has 2 aromatic rings. The van der Waals surface area contributed by atoms with Gasteiger partial charge in [-0.05, 0) is 35.6 Å². The minimum absolute atomic E-state index is 0.0349. The number of likely N-dealkylation sites (N-methyl/N-ethyl adjacent to an activating group) is 1. The quantitative estimate of drug-likeness (QED) is 0.674. The number of carbonyl (C=O) groups excluding carboxylic acids is 2. The maximum atomic E-state index is 12.7. The number of benzene rings is 1. The third-order valence-electron chi connectivity index (χ3n) is 5.12. The number of anilines is 1. The smallest absolute Gasteiger partial charge is 0.271 e. The summed E-state index contributed by atoms with van der Waals surface area (Å²) in [5.74, 6) is 0.0993. The van der Waals surface area contributed by atoms with Gasteiger partial charge in [-0.1, -0.05) is 18.2 Å². The molecule has 0 atom stereocenters. The lowest BCUT2D eigenvalue weighted by atomic mass is 10.1. The predicted molar refractivity (Wildman–Crippen MR) is 122 cm³/mol. The second-order valence-corrected chi connectivity index (χ2v) is 10.6. The van der Waals surface area contributed by atoms with Crippen LogP contribution in [-0.4, -0.2) is 81.8 Å². The monoisotopic (exact) mass is 464 g/mol. The molecule has 10 heteroatoms. The number of rotatable bonds is 7. The van der Waals surface area contributed by atoms with E-state index >= 15 is 0 Å². The zero-order valence-corrected chi connectivity index (χ0v) is 19.4. The van der Waals surface area contributed by atoms with Gasteiger partial charge in [0.15, 0.2) is 0 Å². The van der Waals surface area contributed by atoms with E-state index in [2.05, 4.69) is 9.62 Å². The van der Waals surface area contributed by atoms with E-state index in [4.69, 9.17) is 0 Å². The van der Waals surface area contributed by atoms with Crippen molar-refractivity contribution in [3.8, 4) is 0 Å². The summed E-state index contributed by atoms with van der Waals surface area (Å²) < 4.78 is 27.4. The number of sulfonamides is 1. The first-order chi connectivity index (χ1) is 14.7. The first kappa shape index (κ1) is 23.2. The fourth-order valence-corrected chi connectivity index (χ4v) is 5.36. The van der Waals surface area contributed by atoms with Gasteiger partial charge in [-0.3, -0.25) is 19.2 Å². The second-order valence-electron chi connectivity index (χ2n) is 7.71. The van der Waals surface area contributed by atoms with Crippen LogP contribution in [0, 0.1) is 0 Å². The second kappa shape index (κ2) is 10.3. The minimum Gasteiger partial charge on any atom is -0.348 e. The van der Waals surface area contributed by atoms with E-state index < -0.39 is 10.0 Å². The van der Waals surface area contributed by atoms with Gasteiger partial charge in [0.1, 0.15) is 4.21 Å². The summed E-state index contributed by atoms with van der Waals surface area (Å²) in [4.78, 5) is 30.2. The molecule has 1 aliphatic rings. The summed E-state index contributed by atoms with van der Waals surface area (Å²) in [5.41, 5.74) is 1.29. The molecule has 168 valence electrons. The molecule has 1 aliphatic heterocycles. The SMILES string of the molecule is CN(C)C(=O)CN1CCCN(C(=O)Cc2ccc(NS(=O)(=O)c3cccs3)cc2)CC1. The van der Waals surface area contributed by atoms with Gasteiger partial charge in [0.25, 0.3) is 10.0 Å².